The van der Waals surface area contributed by atoms with E-state index in [9.17, 15) is 14.4 Å². The number of carbonyl (C=O) groups excluding carboxylic acids is 3. The van der Waals surface area contributed by atoms with Crippen molar-refractivity contribution >= 4 is 23.8 Å². The van der Waals surface area contributed by atoms with Crippen LogP contribution in [0.15, 0.2) is 16.3 Å². The number of Topliss-reactive ketones (excluding diaryl/α,β-unsaturated/α-hetero) is 1. The second-order valence-electron chi connectivity index (χ2n) is 5.51. The molecule has 102 valence electrons. The summed E-state index contributed by atoms with van der Waals surface area (Å²) in [6, 6.07) is -0.633. The maximum Gasteiger partial charge on any atom is 0.355 e. The molecule has 0 aromatic rings. The molecule has 19 heavy (non-hydrogen) atoms. The van der Waals surface area contributed by atoms with Crippen LogP contribution in [0.2, 0.25) is 0 Å². The number of nitrogens with zero attached hydrogens (tertiary/aromatic N) is 1. The Bertz CT molecular complexity index is 511. The number of nitrogens with one attached hydrogen (secondary N) is 1. The minimum atomic E-state index is -0.633. The number of carbonyl (C=O) groups is 3. The van der Waals surface area contributed by atoms with E-state index in [0.29, 0.717) is 12.0 Å². The van der Waals surface area contributed by atoms with Crippen LogP contribution in [0.25, 0.3) is 0 Å². The molecule has 1 N–H and O–H groups in total. The summed E-state index contributed by atoms with van der Waals surface area (Å²) in [4.78, 5) is 38.8. The molecular formula is C13H16N2O4. The van der Waals surface area contributed by atoms with Crippen LogP contribution < -0.4 is 5.32 Å². The van der Waals surface area contributed by atoms with E-state index in [2.05, 4.69) is 10.3 Å². The normalized spacial score (nSPS) is 22.6. The van der Waals surface area contributed by atoms with Crippen molar-refractivity contribution in [2.45, 2.75) is 38.8 Å². The maximum atomic E-state index is 12.0. The van der Waals surface area contributed by atoms with Gasteiger partial charge in [0.05, 0.1) is 17.8 Å². The van der Waals surface area contributed by atoms with Gasteiger partial charge in [0.2, 0.25) is 0 Å². The number of hydrogen-bond donors (Lipinski definition) is 1. The van der Waals surface area contributed by atoms with E-state index in [1.807, 2.05) is 0 Å². The Morgan fingerprint density at radius 3 is 2.74 bits per heavy atom. The molecule has 0 fully saturated rings. The first-order valence-electron chi connectivity index (χ1n) is 6.09. The maximum absolute atomic E-state index is 12.0. The van der Waals surface area contributed by atoms with Gasteiger partial charge in [-0.15, -0.1) is 0 Å². The van der Waals surface area contributed by atoms with Crippen LogP contribution in [0.5, 0.6) is 0 Å². The second kappa shape index (κ2) is 4.60. The average Bonchev–Trinajstić information content (AvgIpc) is 2.70. The Hall–Kier alpha value is -1.98. The first-order valence-corrected chi connectivity index (χ1v) is 6.09. The monoisotopic (exact) mass is 264 g/mol. The Balaban J connectivity index is 2.32. The van der Waals surface area contributed by atoms with Crippen LogP contribution >= 0.6 is 0 Å². The zero-order valence-corrected chi connectivity index (χ0v) is 11.1. The van der Waals surface area contributed by atoms with Gasteiger partial charge in [0.1, 0.15) is 23.6 Å². The average molecular weight is 264 g/mol. The molecule has 1 atom stereocenters. The number of esters is 1. The fourth-order valence-electron chi connectivity index (χ4n) is 2.02. The van der Waals surface area contributed by atoms with E-state index in [-0.39, 0.29) is 30.0 Å². The zero-order chi connectivity index (χ0) is 14.2. The highest BCUT2D eigenvalue weighted by Crippen LogP contribution is 2.23. The standard InChI is InChI=1S/C13H16N2O4/c1-13(2,3)19-12(18)11-10-8(5-14-11)15-7(6-16)4-9(10)17/h6-7,14H,4-5H2,1-3H3. The number of fused-ring (bicyclic) bond motifs is 1. The van der Waals surface area contributed by atoms with E-state index in [1.54, 1.807) is 20.8 Å². The fraction of sp³-hybridized carbons (Fsp3) is 0.538. The number of hydrogen-bond acceptors (Lipinski definition) is 6. The van der Waals surface area contributed by atoms with Crippen LogP contribution in [-0.4, -0.2) is 41.9 Å². The lowest BCUT2D eigenvalue weighted by Crippen LogP contribution is -2.29. The molecule has 0 radical (unpaired) electrons. The summed E-state index contributed by atoms with van der Waals surface area (Å²) < 4.78 is 5.24. The van der Waals surface area contributed by atoms with Crippen molar-refractivity contribution < 1.29 is 19.1 Å². The minimum Gasteiger partial charge on any atom is -0.455 e. The number of rotatable bonds is 2. The highest BCUT2D eigenvalue weighted by atomic mass is 16.6. The lowest BCUT2D eigenvalue weighted by atomic mass is 9.96. The molecule has 0 saturated heterocycles. The van der Waals surface area contributed by atoms with Crippen molar-refractivity contribution in [2.24, 2.45) is 4.99 Å². The third kappa shape index (κ3) is 2.72. The zero-order valence-electron chi connectivity index (χ0n) is 11.1. The molecule has 2 aliphatic heterocycles. The summed E-state index contributed by atoms with van der Waals surface area (Å²) in [7, 11) is 0. The first kappa shape index (κ1) is 13.5. The molecule has 0 aliphatic carbocycles. The molecule has 0 aromatic carbocycles. The van der Waals surface area contributed by atoms with Gasteiger partial charge < -0.3 is 14.8 Å². The predicted molar refractivity (Wildman–Crippen MR) is 67.8 cm³/mol. The van der Waals surface area contributed by atoms with Gasteiger partial charge in [0, 0.05) is 6.42 Å². The van der Waals surface area contributed by atoms with Gasteiger partial charge >= 0.3 is 5.97 Å². The van der Waals surface area contributed by atoms with Crippen molar-refractivity contribution in [3.8, 4) is 0 Å². The lowest BCUT2D eigenvalue weighted by molar-refractivity contribution is -0.150. The molecule has 0 spiro atoms. The highest BCUT2D eigenvalue weighted by molar-refractivity contribution is 6.30. The van der Waals surface area contributed by atoms with Gasteiger partial charge in [-0.25, -0.2) is 4.79 Å². The summed E-state index contributed by atoms with van der Waals surface area (Å²) in [5, 5.41) is 2.83. The quantitative estimate of drug-likeness (QED) is 0.567. The molecule has 6 heteroatoms. The molecule has 0 aromatic heterocycles. The minimum absolute atomic E-state index is 0.0102. The van der Waals surface area contributed by atoms with Crippen molar-refractivity contribution in [1.82, 2.24) is 5.32 Å². The van der Waals surface area contributed by atoms with Gasteiger partial charge in [-0.2, -0.15) is 0 Å². The van der Waals surface area contributed by atoms with Gasteiger partial charge in [0.15, 0.2) is 5.78 Å². The summed E-state index contributed by atoms with van der Waals surface area (Å²) in [6.07, 6.45) is 0.656. The third-order valence-corrected chi connectivity index (χ3v) is 2.73. The van der Waals surface area contributed by atoms with Gasteiger partial charge in [-0.3, -0.25) is 9.79 Å². The fourth-order valence-corrected chi connectivity index (χ4v) is 2.02. The Labute approximate surface area is 110 Å². The van der Waals surface area contributed by atoms with E-state index in [4.69, 9.17) is 4.74 Å². The molecule has 2 heterocycles. The van der Waals surface area contributed by atoms with Crippen molar-refractivity contribution in [3.63, 3.8) is 0 Å². The molecule has 2 rings (SSSR count). The summed E-state index contributed by atoms with van der Waals surface area (Å²) in [5.41, 5.74) is 0.263. The molecule has 0 amide bonds. The molecule has 0 bridgehead atoms. The van der Waals surface area contributed by atoms with Gasteiger partial charge in [-0.1, -0.05) is 0 Å². The molecule has 2 aliphatic rings. The van der Waals surface area contributed by atoms with E-state index in [0.717, 1.165) is 0 Å². The Morgan fingerprint density at radius 2 is 2.16 bits per heavy atom. The van der Waals surface area contributed by atoms with Crippen LogP contribution in [0, 0.1) is 0 Å². The SMILES string of the molecule is CC(C)(C)OC(=O)C1=C2C(=O)CC(C=O)N=C2CN1. The van der Waals surface area contributed by atoms with Crippen molar-refractivity contribution in [3.05, 3.63) is 11.3 Å². The first-order chi connectivity index (χ1) is 8.81. The lowest BCUT2D eigenvalue weighted by Gasteiger charge is -2.20. The Kier molecular flexibility index (Phi) is 3.26. The van der Waals surface area contributed by atoms with E-state index < -0.39 is 17.6 Å². The van der Waals surface area contributed by atoms with Gasteiger partial charge in [0.25, 0.3) is 0 Å². The number of ketones is 1. The highest BCUT2D eigenvalue weighted by Gasteiger charge is 2.36. The largest absolute Gasteiger partial charge is 0.455 e. The van der Waals surface area contributed by atoms with Crippen molar-refractivity contribution in [2.75, 3.05) is 6.54 Å². The van der Waals surface area contributed by atoms with E-state index >= 15 is 0 Å². The Morgan fingerprint density at radius 1 is 1.47 bits per heavy atom. The summed E-state index contributed by atoms with van der Waals surface area (Å²) in [6.45, 7) is 5.54. The molecular weight excluding hydrogens is 248 g/mol. The summed E-state index contributed by atoms with van der Waals surface area (Å²) >= 11 is 0. The van der Waals surface area contributed by atoms with Gasteiger partial charge in [-0.05, 0) is 20.8 Å². The van der Waals surface area contributed by atoms with Crippen LogP contribution in [0.3, 0.4) is 0 Å². The smallest absolute Gasteiger partial charge is 0.355 e. The topological polar surface area (TPSA) is 84.8 Å². The number of aldehydes is 1. The summed E-state index contributed by atoms with van der Waals surface area (Å²) in [5.74, 6) is -0.807. The van der Waals surface area contributed by atoms with Crippen LogP contribution in [0.4, 0.5) is 0 Å². The van der Waals surface area contributed by atoms with Crippen LogP contribution in [0.1, 0.15) is 27.2 Å². The molecule has 6 nitrogen and oxygen atoms in total. The molecule has 1 unspecified atom stereocenters. The molecule has 0 saturated carbocycles. The third-order valence-electron chi connectivity index (χ3n) is 2.73. The predicted octanol–water partition coefficient (Wildman–Crippen LogP) is 0.167. The van der Waals surface area contributed by atoms with E-state index in [1.165, 1.54) is 0 Å². The van der Waals surface area contributed by atoms with Crippen LogP contribution in [-0.2, 0) is 19.1 Å². The number of aliphatic imine (C=N–C) groups is 1. The second-order valence-corrected chi connectivity index (χ2v) is 5.51. The van der Waals surface area contributed by atoms with Crippen molar-refractivity contribution in [1.29, 1.82) is 0 Å². The number of ether oxygens (including phenoxy) is 1.